The van der Waals surface area contributed by atoms with Crippen molar-refractivity contribution in [1.29, 1.82) is 0 Å². The molecule has 0 radical (unpaired) electrons. The lowest BCUT2D eigenvalue weighted by Gasteiger charge is -2.72. The van der Waals surface area contributed by atoms with E-state index in [1.165, 1.54) is 0 Å². The van der Waals surface area contributed by atoms with Crippen LogP contribution >= 0.6 is 0 Å². The summed E-state index contributed by atoms with van der Waals surface area (Å²) in [5.41, 5.74) is 0.705. The van der Waals surface area contributed by atoms with Crippen molar-refractivity contribution in [2.24, 2.45) is 62.6 Å². The molecule has 0 aromatic heterocycles. The molecule has 2 N–H and O–H groups in total. The Hall–Kier alpha value is -1.85. The number of carboxylic acid groups (broad SMARTS) is 2. The van der Waals surface area contributed by atoms with Gasteiger partial charge in [-0.1, -0.05) is 53.7 Å². The Kier molecular flexibility index (Phi) is 7.34. The summed E-state index contributed by atoms with van der Waals surface area (Å²) < 4.78 is 6.04. The highest BCUT2D eigenvalue weighted by atomic mass is 16.5. The van der Waals surface area contributed by atoms with E-state index in [0.717, 1.165) is 69.8 Å². The summed E-state index contributed by atoms with van der Waals surface area (Å²) >= 11 is 0. The minimum absolute atomic E-state index is 0.0888. The highest BCUT2D eigenvalue weighted by molar-refractivity contribution is 5.78. The average molecular weight is 571 g/mol. The molecule has 0 unspecified atom stereocenters. The maximum absolute atomic E-state index is 12.9. The van der Waals surface area contributed by atoms with Gasteiger partial charge >= 0.3 is 17.9 Å². The molecule has 0 saturated heterocycles. The van der Waals surface area contributed by atoms with Crippen LogP contribution in [0.15, 0.2) is 12.2 Å². The summed E-state index contributed by atoms with van der Waals surface area (Å²) in [6, 6.07) is 0. The summed E-state index contributed by atoms with van der Waals surface area (Å²) in [5.74, 6) is -0.858. The molecule has 0 aliphatic heterocycles. The average Bonchev–Trinajstić information content (AvgIpc) is 3.27. The van der Waals surface area contributed by atoms with Crippen molar-refractivity contribution in [3.05, 3.63) is 12.2 Å². The molecule has 0 bridgehead atoms. The molecule has 0 aromatic carbocycles. The van der Waals surface area contributed by atoms with E-state index in [1.807, 2.05) is 0 Å². The van der Waals surface area contributed by atoms with Crippen molar-refractivity contribution in [2.45, 2.75) is 125 Å². The third-order valence-electron chi connectivity index (χ3n) is 14.6. The zero-order valence-corrected chi connectivity index (χ0v) is 26.6. The monoisotopic (exact) mass is 570 g/mol. The molecule has 5 aliphatic carbocycles. The number of aliphatic carboxylic acids is 2. The van der Waals surface area contributed by atoms with Crippen molar-refractivity contribution >= 4 is 17.9 Å². The Bertz CT molecular complexity index is 1130. The highest BCUT2D eigenvalue weighted by Gasteiger charge is 2.72. The molecule has 5 rings (SSSR count). The van der Waals surface area contributed by atoms with Gasteiger partial charge in [0.05, 0.1) is 17.8 Å². The molecule has 5 saturated carbocycles. The smallest absolute Gasteiger partial charge is 0.309 e. The summed E-state index contributed by atoms with van der Waals surface area (Å²) in [7, 11) is 0. The minimum Gasteiger partial charge on any atom is -0.481 e. The molecule has 0 amide bonds. The van der Waals surface area contributed by atoms with Crippen LogP contribution in [0.3, 0.4) is 0 Å². The standard InChI is InChI=1S/C35H54O6/c1-20(2)22-11-16-35(30(39)40)18-17-33(7)23(28(22)35)9-10-25-32(6)14-13-26(41-27(36)19-21(3)29(37)38)31(4,5)24(32)12-15-34(25,33)8/h21-26,28H,1,9-19H2,2-8H3,(H,37,38)(H,39,40)/t21-,22-,23+,24-,25+,26-,28+,32-,33+,34+,35-/m0/s1. The van der Waals surface area contributed by atoms with E-state index in [-0.39, 0.29) is 40.1 Å². The Balaban J connectivity index is 1.43. The van der Waals surface area contributed by atoms with Gasteiger partial charge in [-0.3, -0.25) is 14.4 Å². The van der Waals surface area contributed by atoms with E-state index in [0.29, 0.717) is 23.7 Å². The maximum atomic E-state index is 12.9. The summed E-state index contributed by atoms with van der Waals surface area (Å²) in [5, 5.41) is 19.8. The number of carbonyl (C=O) groups excluding carboxylic acids is 1. The summed E-state index contributed by atoms with van der Waals surface area (Å²) in [4.78, 5) is 36.9. The molecule has 230 valence electrons. The van der Waals surface area contributed by atoms with Gasteiger partial charge in [0.1, 0.15) is 6.10 Å². The molecule has 5 fully saturated rings. The van der Waals surface area contributed by atoms with E-state index in [4.69, 9.17) is 4.74 Å². The molecule has 6 heteroatoms. The molecule has 5 aliphatic rings. The number of ether oxygens (including phenoxy) is 1. The summed E-state index contributed by atoms with van der Waals surface area (Å²) in [6.07, 6.45) is 9.46. The third kappa shape index (κ3) is 4.18. The normalized spacial score (nSPS) is 47.1. The van der Waals surface area contributed by atoms with Crippen LogP contribution in [-0.4, -0.2) is 34.2 Å². The lowest BCUT2D eigenvalue weighted by molar-refractivity contribution is -0.250. The number of carboxylic acids is 2. The fourth-order valence-electron chi connectivity index (χ4n) is 12.2. The van der Waals surface area contributed by atoms with E-state index in [2.05, 4.69) is 48.1 Å². The molecule has 11 atom stereocenters. The SMILES string of the molecule is C=C(C)[C@@H]1CC[C@]2(C(=O)O)CC[C@]3(C)[C@H](CC[C@@H]4[C@@]5(C)CC[C@H](OC(=O)C[C@H](C)C(=O)O)C(C)(C)[C@@H]5CC[C@]43C)[C@@H]12. The topological polar surface area (TPSA) is 101 Å². The van der Waals surface area contributed by atoms with Crippen LogP contribution in [-0.2, 0) is 19.1 Å². The molecule has 0 spiro atoms. The van der Waals surface area contributed by atoms with E-state index in [1.54, 1.807) is 6.92 Å². The molecular weight excluding hydrogens is 516 g/mol. The minimum atomic E-state index is -0.969. The third-order valence-corrected chi connectivity index (χ3v) is 14.6. The van der Waals surface area contributed by atoms with Crippen LogP contribution in [0.4, 0.5) is 0 Å². The van der Waals surface area contributed by atoms with Gasteiger partial charge in [0.2, 0.25) is 0 Å². The number of allylic oxidation sites excluding steroid dienone is 1. The first kappa shape index (κ1) is 30.6. The highest BCUT2D eigenvalue weighted by Crippen LogP contribution is 2.77. The fourth-order valence-corrected chi connectivity index (χ4v) is 12.2. The number of hydrogen-bond donors (Lipinski definition) is 2. The van der Waals surface area contributed by atoms with Gasteiger partial charge in [0, 0.05) is 5.41 Å². The van der Waals surface area contributed by atoms with Crippen LogP contribution in [0.1, 0.15) is 119 Å². The lowest BCUT2D eigenvalue weighted by Crippen LogP contribution is -2.67. The number of carbonyl (C=O) groups is 3. The zero-order chi connectivity index (χ0) is 30.3. The first-order valence-electron chi connectivity index (χ1n) is 16.3. The number of hydrogen-bond acceptors (Lipinski definition) is 4. The predicted molar refractivity (Wildman–Crippen MR) is 158 cm³/mol. The van der Waals surface area contributed by atoms with Gasteiger partial charge < -0.3 is 14.9 Å². The van der Waals surface area contributed by atoms with Crippen molar-refractivity contribution < 1.29 is 29.3 Å². The number of rotatable bonds is 6. The van der Waals surface area contributed by atoms with Gasteiger partial charge in [-0.15, -0.1) is 0 Å². The van der Waals surface area contributed by atoms with Crippen LogP contribution in [0.5, 0.6) is 0 Å². The van der Waals surface area contributed by atoms with Gasteiger partial charge in [0.15, 0.2) is 0 Å². The van der Waals surface area contributed by atoms with Gasteiger partial charge in [-0.05, 0) is 117 Å². The predicted octanol–water partition coefficient (Wildman–Crippen LogP) is 7.75. The van der Waals surface area contributed by atoms with Gasteiger partial charge in [-0.2, -0.15) is 0 Å². The first-order valence-corrected chi connectivity index (χ1v) is 16.3. The van der Waals surface area contributed by atoms with Crippen molar-refractivity contribution in [3.8, 4) is 0 Å². The van der Waals surface area contributed by atoms with Crippen molar-refractivity contribution in [3.63, 3.8) is 0 Å². The second-order valence-electron chi connectivity index (χ2n) is 16.4. The van der Waals surface area contributed by atoms with Crippen LogP contribution in [0, 0.1) is 62.6 Å². The van der Waals surface area contributed by atoms with Crippen molar-refractivity contribution in [2.75, 3.05) is 0 Å². The molecule has 0 heterocycles. The first-order chi connectivity index (χ1) is 19.0. The Morgan fingerprint density at radius 2 is 1.54 bits per heavy atom. The van der Waals surface area contributed by atoms with Crippen LogP contribution in [0.25, 0.3) is 0 Å². The second kappa shape index (κ2) is 9.84. The Morgan fingerprint density at radius 3 is 2.15 bits per heavy atom. The Morgan fingerprint density at radius 1 is 0.854 bits per heavy atom. The maximum Gasteiger partial charge on any atom is 0.309 e. The molecule has 41 heavy (non-hydrogen) atoms. The van der Waals surface area contributed by atoms with Crippen molar-refractivity contribution in [1.82, 2.24) is 0 Å². The van der Waals surface area contributed by atoms with Crippen LogP contribution < -0.4 is 0 Å². The second-order valence-corrected chi connectivity index (χ2v) is 16.4. The lowest BCUT2D eigenvalue weighted by atomic mass is 9.32. The van der Waals surface area contributed by atoms with E-state index in [9.17, 15) is 24.6 Å². The van der Waals surface area contributed by atoms with Crippen LogP contribution in [0.2, 0.25) is 0 Å². The quantitative estimate of drug-likeness (QED) is 0.250. The molecule has 0 aromatic rings. The van der Waals surface area contributed by atoms with E-state index < -0.39 is 29.2 Å². The fraction of sp³-hybridized carbons (Fsp3) is 0.857. The Labute approximate surface area is 247 Å². The van der Waals surface area contributed by atoms with Gasteiger partial charge in [-0.25, -0.2) is 0 Å². The summed E-state index contributed by atoms with van der Waals surface area (Å²) in [6.45, 7) is 20.1. The van der Waals surface area contributed by atoms with Gasteiger partial charge in [0.25, 0.3) is 0 Å². The molecular formula is C35H54O6. The number of fused-ring (bicyclic) bond motifs is 7. The van der Waals surface area contributed by atoms with E-state index >= 15 is 0 Å². The molecule has 6 nitrogen and oxygen atoms in total. The largest absolute Gasteiger partial charge is 0.481 e. The zero-order valence-electron chi connectivity index (χ0n) is 26.6. The number of esters is 1.